The van der Waals surface area contributed by atoms with Crippen LogP contribution in [0.25, 0.3) is 10.8 Å². The number of nitrogens with zero attached hydrogens (tertiary/aromatic N) is 1. The fraction of sp³-hybridized carbons (Fsp3) is 0.0526. The summed E-state index contributed by atoms with van der Waals surface area (Å²) in [4.78, 5) is 34.4. The van der Waals surface area contributed by atoms with Crippen molar-refractivity contribution in [2.45, 2.75) is 0 Å². The maximum Gasteiger partial charge on any atom is 0.339 e. The SMILES string of the molecule is O=C(COC(=O)c1cccc2ccccc12)Nc1cccc([N+](=O)[O-])c1. The van der Waals surface area contributed by atoms with Gasteiger partial charge in [0.2, 0.25) is 0 Å². The standard InChI is InChI=1S/C19H14N2O5/c22-18(20-14-7-4-8-15(11-14)21(24)25)12-26-19(23)17-10-3-6-13-5-1-2-9-16(13)17/h1-11H,12H2,(H,20,22). The lowest BCUT2D eigenvalue weighted by atomic mass is 10.1. The van der Waals surface area contributed by atoms with E-state index in [4.69, 9.17) is 4.74 Å². The Bertz CT molecular complexity index is 995. The highest BCUT2D eigenvalue weighted by Gasteiger charge is 2.14. The molecule has 26 heavy (non-hydrogen) atoms. The maximum absolute atomic E-state index is 12.3. The summed E-state index contributed by atoms with van der Waals surface area (Å²) in [6, 6.07) is 18.1. The first-order valence-electron chi connectivity index (χ1n) is 7.74. The Balaban J connectivity index is 1.65. The molecule has 0 bridgehead atoms. The molecule has 0 aliphatic heterocycles. The van der Waals surface area contributed by atoms with Crippen LogP contribution in [0.15, 0.2) is 66.7 Å². The second-order valence-corrected chi connectivity index (χ2v) is 5.46. The van der Waals surface area contributed by atoms with Crippen molar-refractivity contribution in [3.05, 3.63) is 82.4 Å². The normalized spacial score (nSPS) is 10.3. The Kier molecular flexibility index (Phi) is 4.89. The second-order valence-electron chi connectivity index (χ2n) is 5.46. The van der Waals surface area contributed by atoms with E-state index in [9.17, 15) is 19.7 Å². The largest absolute Gasteiger partial charge is 0.452 e. The summed E-state index contributed by atoms with van der Waals surface area (Å²) in [6.07, 6.45) is 0. The fourth-order valence-corrected chi connectivity index (χ4v) is 2.51. The van der Waals surface area contributed by atoms with Crippen molar-refractivity contribution in [3.63, 3.8) is 0 Å². The molecule has 0 radical (unpaired) electrons. The number of anilines is 1. The van der Waals surface area contributed by atoms with Crippen LogP contribution >= 0.6 is 0 Å². The molecule has 0 spiro atoms. The number of carbonyl (C=O) groups is 2. The first kappa shape index (κ1) is 17.1. The lowest BCUT2D eigenvalue weighted by Crippen LogP contribution is -2.21. The van der Waals surface area contributed by atoms with Crippen LogP contribution in [0, 0.1) is 10.1 Å². The molecule has 0 fully saturated rings. The molecule has 3 aromatic rings. The molecule has 1 amide bonds. The third-order valence-electron chi connectivity index (χ3n) is 3.68. The number of nitro benzene ring substituents is 1. The number of ether oxygens (including phenoxy) is 1. The third-order valence-corrected chi connectivity index (χ3v) is 3.68. The van der Waals surface area contributed by atoms with Crippen LogP contribution < -0.4 is 5.32 Å². The number of hydrogen-bond acceptors (Lipinski definition) is 5. The minimum absolute atomic E-state index is 0.143. The molecule has 1 N–H and O–H groups in total. The first-order valence-corrected chi connectivity index (χ1v) is 7.74. The summed E-state index contributed by atoms with van der Waals surface area (Å²) in [5, 5.41) is 14.8. The highest BCUT2D eigenvalue weighted by atomic mass is 16.6. The van der Waals surface area contributed by atoms with Crippen LogP contribution in [0.3, 0.4) is 0 Å². The number of rotatable bonds is 5. The molecule has 0 atom stereocenters. The van der Waals surface area contributed by atoms with E-state index >= 15 is 0 Å². The number of fused-ring (bicyclic) bond motifs is 1. The summed E-state index contributed by atoms with van der Waals surface area (Å²) in [5.41, 5.74) is 0.479. The van der Waals surface area contributed by atoms with Crippen molar-refractivity contribution in [3.8, 4) is 0 Å². The van der Waals surface area contributed by atoms with Gasteiger partial charge in [-0.15, -0.1) is 0 Å². The molecule has 0 aliphatic carbocycles. The van der Waals surface area contributed by atoms with Gasteiger partial charge in [-0.3, -0.25) is 14.9 Å². The molecule has 3 rings (SSSR count). The van der Waals surface area contributed by atoms with Gasteiger partial charge in [0.25, 0.3) is 11.6 Å². The van der Waals surface area contributed by atoms with Crippen molar-refractivity contribution < 1.29 is 19.2 Å². The highest BCUT2D eigenvalue weighted by Crippen LogP contribution is 2.19. The maximum atomic E-state index is 12.3. The first-order chi connectivity index (χ1) is 12.5. The Morgan fingerprint density at radius 3 is 2.54 bits per heavy atom. The number of non-ortho nitro benzene ring substituents is 1. The van der Waals surface area contributed by atoms with Crippen molar-refractivity contribution >= 4 is 34.0 Å². The molecular formula is C19H14N2O5. The zero-order chi connectivity index (χ0) is 18.5. The summed E-state index contributed by atoms with van der Waals surface area (Å²) in [6.45, 7) is -0.495. The average molecular weight is 350 g/mol. The summed E-state index contributed by atoms with van der Waals surface area (Å²) < 4.78 is 5.06. The number of esters is 1. The average Bonchev–Trinajstić information content (AvgIpc) is 2.66. The smallest absolute Gasteiger partial charge is 0.339 e. The Morgan fingerprint density at radius 1 is 1.00 bits per heavy atom. The number of nitro groups is 1. The molecule has 0 heterocycles. The van der Waals surface area contributed by atoms with Crippen molar-refractivity contribution in [2.75, 3.05) is 11.9 Å². The predicted octanol–water partition coefficient (Wildman–Crippen LogP) is 3.54. The van der Waals surface area contributed by atoms with Gasteiger partial charge in [-0.05, 0) is 22.9 Å². The Morgan fingerprint density at radius 2 is 1.73 bits per heavy atom. The van der Waals surface area contributed by atoms with E-state index in [1.807, 2.05) is 24.3 Å². The third kappa shape index (κ3) is 3.84. The van der Waals surface area contributed by atoms with Gasteiger partial charge < -0.3 is 10.1 Å². The number of hydrogen-bond donors (Lipinski definition) is 1. The molecule has 7 heteroatoms. The van der Waals surface area contributed by atoms with Gasteiger partial charge in [-0.25, -0.2) is 4.79 Å². The molecule has 7 nitrogen and oxygen atoms in total. The molecule has 0 aromatic heterocycles. The summed E-state index contributed by atoms with van der Waals surface area (Å²) >= 11 is 0. The number of carbonyl (C=O) groups excluding carboxylic acids is 2. The van der Waals surface area contributed by atoms with Gasteiger partial charge in [-0.1, -0.05) is 42.5 Å². The van der Waals surface area contributed by atoms with E-state index in [0.29, 0.717) is 5.56 Å². The number of nitrogens with one attached hydrogen (secondary N) is 1. The molecular weight excluding hydrogens is 336 g/mol. The van der Waals surface area contributed by atoms with Gasteiger partial charge in [-0.2, -0.15) is 0 Å². The van der Waals surface area contributed by atoms with Crippen LogP contribution in [0.2, 0.25) is 0 Å². The molecule has 130 valence electrons. The van der Waals surface area contributed by atoms with E-state index in [1.54, 1.807) is 18.2 Å². The van der Waals surface area contributed by atoms with Gasteiger partial charge >= 0.3 is 5.97 Å². The number of benzene rings is 3. The van der Waals surface area contributed by atoms with Gasteiger partial charge in [0.1, 0.15) is 0 Å². The van der Waals surface area contributed by atoms with E-state index in [-0.39, 0.29) is 11.4 Å². The molecule has 3 aromatic carbocycles. The van der Waals surface area contributed by atoms with Crippen molar-refractivity contribution in [1.29, 1.82) is 0 Å². The molecule has 0 saturated carbocycles. The van der Waals surface area contributed by atoms with Gasteiger partial charge in [0, 0.05) is 17.8 Å². The zero-order valence-electron chi connectivity index (χ0n) is 13.5. The Labute approximate surface area is 148 Å². The highest BCUT2D eigenvalue weighted by molar-refractivity contribution is 6.05. The zero-order valence-corrected chi connectivity index (χ0v) is 13.5. The van der Waals surface area contributed by atoms with E-state index in [1.165, 1.54) is 24.3 Å². The van der Waals surface area contributed by atoms with Gasteiger partial charge in [0.15, 0.2) is 6.61 Å². The van der Waals surface area contributed by atoms with E-state index in [2.05, 4.69) is 5.32 Å². The van der Waals surface area contributed by atoms with Crippen LogP contribution in [-0.2, 0) is 9.53 Å². The van der Waals surface area contributed by atoms with Crippen LogP contribution in [0.5, 0.6) is 0 Å². The minimum Gasteiger partial charge on any atom is -0.452 e. The Hall–Kier alpha value is -3.74. The van der Waals surface area contributed by atoms with E-state index < -0.39 is 23.4 Å². The van der Waals surface area contributed by atoms with Gasteiger partial charge in [0.05, 0.1) is 10.5 Å². The molecule has 0 aliphatic rings. The minimum atomic E-state index is -0.615. The lowest BCUT2D eigenvalue weighted by Gasteiger charge is -2.08. The topological polar surface area (TPSA) is 98.5 Å². The molecule has 0 saturated heterocycles. The van der Waals surface area contributed by atoms with E-state index in [0.717, 1.165) is 10.8 Å². The van der Waals surface area contributed by atoms with Crippen LogP contribution in [0.1, 0.15) is 10.4 Å². The lowest BCUT2D eigenvalue weighted by molar-refractivity contribution is -0.384. The fourth-order valence-electron chi connectivity index (χ4n) is 2.51. The quantitative estimate of drug-likeness (QED) is 0.431. The summed E-state index contributed by atoms with van der Waals surface area (Å²) in [5.74, 6) is -1.20. The predicted molar refractivity (Wildman–Crippen MR) is 96.0 cm³/mol. The second kappa shape index (κ2) is 7.43. The van der Waals surface area contributed by atoms with Crippen molar-refractivity contribution in [1.82, 2.24) is 0 Å². The molecule has 0 unspecified atom stereocenters. The summed E-state index contributed by atoms with van der Waals surface area (Å²) in [7, 11) is 0. The monoisotopic (exact) mass is 350 g/mol. The van der Waals surface area contributed by atoms with Crippen LogP contribution in [-0.4, -0.2) is 23.4 Å². The van der Waals surface area contributed by atoms with Crippen LogP contribution in [0.4, 0.5) is 11.4 Å². The van der Waals surface area contributed by atoms with Crippen molar-refractivity contribution in [2.24, 2.45) is 0 Å². The number of amides is 1.